The van der Waals surface area contributed by atoms with Crippen LogP contribution in [-0.2, 0) is 20.7 Å². The average molecular weight is 756 g/mol. The molecule has 5 atom stereocenters. The van der Waals surface area contributed by atoms with Gasteiger partial charge in [-0.15, -0.1) is 0 Å². The molecule has 13 nitrogen and oxygen atoms in total. The SMILES string of the molecule is CC[C@H]1c2cc3[nH]c(c(CC(=O)OC)c4nc(cc5[nH]c(cc(n2)[C@@H]1C)c(C(C)=O)c5C)[C@@H](C)[C@@H]4CCC(=O)NCC(C)O)c(C(=O)NCCN(C)C)c3C. The van der Waals surface area contributed by atoms with E-state index < -0.39 is 12.1 Å². The van der Waals surface area contributed by atoms with E-state index in [1.807, 2.05) is 58.0 Å². The number of ketones is 1. The van der Waals surface area contributed by atoms with E-state index in [2.05, 4.69) is 34.4 Å². The highest BCUT2D eigenvalue weighted by molar-refractivity contribution is 6.06. The van der Waals surface area contributed by atoms with Crippen molar-refractivity contribution >= 4 is 45.6 Å². The molecule has 3 aromatic rings. The third-order valence-electron chi connectivity index (χ3n) is 11.2. The smallest absolute Gasteiger partial charge is 0.310 e. The highest BCUT2D eigenvalue weighted by atomic mass is 16.5. The molecular formula is C42H57N7O6. The Bertz CT molecular complexity index is 2130. The van der Waals surface area contributed by atoms with Crippen molar-refractivity contribution in [3.63, 3.8) is 0 Å². The molecule has 0 fully saturated rings. The number of carbonyl (C=O) groups is 4. The van der Waals surface area contributed by atoms with Crippen molar-refractivity contribution in [1.82, 2.24) is 35.5 Å². The normalized spacial score (nSPS) is 18.6. The van der Waals surface area contributed by atoms with E-state index in [1.165, 1.54) is 7.11 Å². The van der Waals surface area contributed by atoms with Crippen LogP contribution in [0.3, 0.4) is 0 Å². The van der Waals surface area contributed by atoms with Gasteiger partial charge in [0.2, 0.25) is 5.91 Å². The van der Waals surface area contributed by atoms with Gasteiger partial charge in [0.1, 0.15) is 0 Å². The predicted octanol–water partition coefficient (Wildman–Crippen LogP) is 5.60. The lowest BCUT2D eigenvalue weighted by molar-refractivity contribution is -0.139. The standard InChI is InChI=1S/C42H57N7O6/c1-11-27-22(3)30-19-35-38(26(7)51)24(5)32(46-35)17-31-23(4)28(12-13-36(52)44-20-21(2)50)40(47-31)29(16-37(53)55-10)41-39(42(54)43-14-15-49(8)9)25(6)33(48-41)18-34(27)45-30/h17-19,21-23,27-28,46,48,50H,11-16,20H2,1-10H3,(H,43,54)(H,44,52)/t21?,22-,23+,27-,28+/m1/s1. The summed E-state index contributed by atoms with van der Waals surface area (Å²) in [6.07, 6.45) is 0.469. The lowest BCUT2D eigenvalue weighted by Gasteiger charge is -2.18. The Morgan fingerprint density at radius 1 is 0.909 bits per heavy atom. The van der Waals surface area contributed by atoms with Crippen molar-refractivity contribution in [3.8, 4) is 0 Å². The maximum Gasteiger partial charge on any atom is 0.310 e. The monoisotopic (exact) mass is 755 g/mol. The summed E-state index contributed by atoms with van der Waals surface area (Å²) in [5, 5.41) is 15.6. The summed E-state index contributed by atoms with van der Waals surface area (Å²) in [5.74, 6) is -1.51. The van der Waals surface area contributed by atoms with Crippen molar-refractivity contribution in [2.45, 2.75) is 104 Å². The lowest BCUT2D eigenvalue weighted by Crippen LogP contribution is -2.31. The van der Waals surface area contributed by atoms with Gasteiger partial charge in [0.25, 0.3) is 5.91 Å². The molecule has 5 N–H and O–H groups in total. The average Bonchev–Trinajstić information content (AvgIpc) is 3.81. The maximum absolute atomic E-state index is 14.2. The van der Waals surface area contributed by atoms with E-state index in [0.29, 0.717) is 69.7 Å². The molecule has 2 amide bonds. The summed E-state index contributed by atoms with van der Waals surface area (Å²) in [4.78, 5) is 73.1. The predicted molar refractivity (Wildman–Crippen MR) is 214 cm³/mol. The topological polar surface area (TPSA) is 182 Å². The summed E-state index contributed by atoms with van der Waals surface area (Å²) in [5.41, 5.74) is 8.51. The molecule has 0 saturated heterocycles. The van der Waals surface area contributed by atoms with Crippen LogP contribution in [0.1, 0.15) is 138 Å². The van der Waals surface area contributed by atoms with Gasteiger partial charge < -0.3 is 35.3 Å². The number of methoxy groups -OCH3 is 1. The number of hydrogen-bond donors (Lipinski definition) is 5. The van der Waals surface area contributed by atoms with Crippen LogP contribution in [0.15, 0.2) is 18.2 Å². The minimum absolute atomic E-state index is 0.0577. The van der Waals surface area contributed by atoms with Gasteiger partial charge >= 0.3 is 5.97 Å². The van der Waals surface area contributed by atoms with Gasteiger partial charge in [0.05, 0.1) is 41.9 Å². The van der Waals surface area contributed by atoms with Gasteiger partial charge in [0, 0.05) is 89.0 Å². The molecule has 0 aliphatic carbocycles. The fourth-order valence-corrected chi connectivity index (χ4v) is 7.97. The van der Waals surface area contributed by atoms with Crippen LogP contribution < -0.4 is 10.6 Å². The van der Waals surface area contributed by atoms with Gasteiger partial charge in [-0.25, -0.2) is 0 Å². The Morgan fingerprint density at radius 3 is 2.16 bits per heavy atom. The number of rotatable bonds is 13. The number of aryl methyl sites for hydroxylation is 2. The van der Waals surface area contributed by atoms with Gasteiger partial charge in [-0.2, -0.15) is 0 Å². The highest BCUT2D eigenvalue weighted by Crippen LogP contribution is 2.43. The number of aliphatic hydroxyl groups excluding tert-OH is 1. The molecule has 1 unspecified atom stereocenters. The first-order valence-corrected chi connectivity index (χ1v) is 19.3. The van der Waals surface area contributed by atoms with Crippen LogP contribution in [0.2, 0.25) is 0 Å². The van der Waals surface area contributed by atoms with E-state index >= 15 is 0 Å². The van der Waals surface area contributed by atoms with Crippen molar-refractivity contribution < 1.29 is 29.0 Å². The number of aromatic amines is 2. The molecule has 3 aromatic heterocycles. The zero-order valence-electron chi connectivity index (χ0n) is 33.9. The molecule has 296 valence electrons. The van der Waals surface area contributed by atoms with E-state index in [0.717, 1.165) is 28.9 Å². The van der Waals surface area contributed by atoms with E-state index in [-0.39, 0.29) is 60.7 Å². The Hall–Kier alpha value is -4.88. The molecule has 5 rings (SSSR count). The van der Waals surface area contributed by atoms with Gasteiger partial charge in [-0.3, -0.25) is 29.1 Å². The van der Waals surface area contributed by atoms with Crippen LogP contribution in [0.4, 0.5) is 0 Å². The van der Waals surface area contributed by atoms with Crippen LogP contribution in [0, 0.1) is 13.8 Å². The fraction of sp³-hybridized carbons (Fsp3) is 0.524. The summed E-state index contributed by atoms with van der Waals surface area (Å²) >= 11 is 0. The first kappa shape index (κ1) is 41.3. The molecule has 55 heavy (non-hydrogen) atoms. The van der Waals surface area contributed by atoms with Crippen molar-refractivity contribution in [2.75, 3.05) is 40.8 Å². The number of amides is 2. The van der Waals surface area contributed by atoms with Crippen molar-refractivity contribution in [2.24, 2.45) is 0 Å². The minimum Gasteiger partial charge on any atom is -0.469 e. The molecule has 0 spiro atoms. The van der Waals surface area contributed by atoms with Gasteiger partial charge in [-0.05, 0) is 84.0 Å². The number of aliphatic hydroxyl groups is 1. The van der Waals surface area contributed by atoms with E-state index in [1.54, 1.807) is 13.8 Å². The molecule has 0 saturated carbocycles. The molecule has 8 bridgehead atoms. The number of aromatic nitrogens is 4. The van der Waals surface area contributed by atoms with Crippen molar-refractivity contribution in [3.05, 3.63) is 68.8 Å². The highest BCUT2D eigenvalue weighted by Gasteiger charge is 2.34. The maximum atomic E-state index is 14.2. The zero-order chi connectivity index (χ0) is 40.3. The van der Waals surface area contributed by atoms with E-state index in [4.69, 9.17) is 14.7 Å². The third-order valence-corrected chi connectivity index (χ3v) is 11.2. The molecule has 2 aliphatic heterocycles. The number of H-pyrrole nitrogens is 2. The number of ether oxygens (including phenoxy) is 1. The number of esters is 1. The largest absolute Gasteiger partial charge is 0.469 e. The molecule has 2 aliphatic rings. The number of fused-ring (bicyclic) bond motifs is 8. The van der Waals surface area contributed by atoms with Crippen LogP contribution >= 0.6 is 0 Å². The molecule has 0 radical (unpaired) electrons. The fourth-order valence-electron chi connectivity index (χ4n) is 7.97. The number of nitrogens with one attached hydrogen (secondary N) is 4. The Balaban J connectivity index is 1.92. The second kappa shape index (κ2) is 17.3. The van der Waals surface area contributed by atoms with Crippen LogP contribution in [-0.4, -0.2) is 100 Å². The molecular weight excluding hydrogens is 699 g/mol. The first-order chi connectivity index (χ1) is 26.1. The summed E-state index contributed by atoms with van der Waals surface area (Å²) in [7, 11) is 5.20. The molecule has 13 heteroatoms. The minimum atomic E-state index is -0.692. The second-order valence-electron chi connectivity index (χ2n) is 15.4. The zero-order valence-corrected chi connectivity index (χ0v) is 33.9. The molecule has 0 aromatic carbocycles. The number of likely N-dealkylation sites (N-methyl/N-ethyl adjacent to an activating group) is 1. The number of hydrogen-bond acceptors (Lipinski definition) is 9. The second-order valence-corrected chi connectivity index (χ2v) is 15.4. The summed E-state index contributed by atoms with van der Waals surface area (Å²) in [6, 6.07) is 5.92. The lowest BCUT2D eigenvalue weighted by atomic mass is 9.85. The number of Topliss-reactive ketones (excluding diaryl/α,β-unsaturated/α-hetero) is 1. The quantitative estimate of drug-likeness (QED) is 0.110. The van der Waals surface area contributed by atoms with Gasteiger partial charge in [-0.1, -0.05) is 20.8 Å². The molecule has 5 heterocycles. The van der Waals surface area contributed by atoms with E-state index in [9.17, 15) is 24.3 Å². The first-order valence-electron chi connectivity index (χ1n) is 19.3. The number of nitrogens with zero attached hydrogens (tertiary/aromatic N) is 3. The third kappa shape index (κ3) is 8.83. The Labute approximate surface area is 323 Å². The van der Waals surface area contributed by atoms with Crippen LogP contribution in [0.25, 0.3) is 22.1 Å². The number of carbonyl (C=O) groups excluding carboxylic acids is 4. The Morgan fingerprint density at radius 2 is 1.53 bits per heavy atom. The Kier molecular flexibility index (Phi) is 13.0. The van der Waals surface area contributed by atoms with Gasteiger partial charge in [0.15, 0.2) is 5.78 Å². The summed E-state index contributed by atoms with van der Waals surface area (Å²) < 4.78 is 5.23. The van der Waals surface area contributed by atoms with Crippen molar-refractivity contribution in [1.29, 1.82) is 0 Å². The van der Waals surface area contributed by atoms with Crippen LogP contribution in [0.5, 0.6) is 0 Å². The summed E-state index contributed by atoms with van der Waals surface area (Å²) in [6.45, 7) is 14.5.